The third kappa shape index (κ3) is 5.10. The lowest BCUT2D eigenvalue weighted by atomic mass is 9.91. The van der Waals surface area contributed by atoms with Gasteiger partial charge in [-0.3, -0.25) is 0 Å². The molecule has 23 heavy (non-hydrogen) atoms. The number of hydrogen-bond acceptors (Lipinski definition) is 4. The molecule has 1 aliphatic carbocycles. The molecule has 1 saturated carbocycles. The number of ether oxygens (including phenoxy) is 1. The summed E-state index contributed by atoms with van der Waals surface area (Å²) < 4.78 is 5.39. The Kier molecular flexibility index (Phi) is 5.69. The molecule has 2 fully saturated rings. The third-order valence-electron chi connectivity index (χ3n) is 4.57. The molecule has 1 atom stereocenters. The van der Waals surface area contributed by atoms with Gasteiger partial charge in [0.25, 0.3) is 0 Å². The van der Waals surface area contributed by atoms with Crippen LogP contribution in [0.4, 0.5) is 10.6 Å². The lowest BCUT2D eigenvalue weighted by Gasteiger charge is -2.31. The summed E-state index contributed by atoms with van der Waals surface area (Å²) in [4.78, 5) is 16.4. The summed E-state index contributed by atoms with van der Waals surface area (Å²) in [5, 5.41) is 9.58. The Hall–Kier alpha value is -1.82. The van der Waals surface area contributed by atoms with Crippen molar-refractivity contribution in [3.05, 3.63) is 24.4 Å². The third-order valence-corrected chi connectivity index (χ3v) is 4.57. The van der Waals surface area contributed by atoms with Crippen LogP contribution in [0.2, 0.25) is 0 Å². The predicted molar refractivity (Wildman–Crippen MR) is 89.4 cm³/mol. The number of nitrogens with zero attached hydrogens (tertiary/aromatic N) is 1. The molecule has 2 heterocycles. The first-order valence-corrected chi connectivity index (χ1v) is 8.62. The summed E-state index contributed by atoms with van der Waals surface area (Å²) >= 11 is 0. The second-order valence-electron chi connectivity index (χ2n) is 6.44. The minimum Gasteiger partial charge on any atom is -0.379 e. The molecule has 6 heteroatoms. The van der Waals surface area contributed by atoms with Crippen LogP contribution < -0.4 is 16.0 Å². The fourth-order valence-corrected chi connectivity index (χ4v) is 3.31. The molecule has 1 unspecified atom stereocenters. The van der Waals surface area contributed by atoms with Gasteiger partial charge in [-0.15, -0.1) is 0 Å². The Balaban J connectivity index is 1.36. The van der Waals surface area contributed by atoms with E-state index in [0.717, 1.165) is 50.9 Å². The SMILES string of the molecule is O=C(NC1CCC(Nc2ccccn2)CC1)NC1CCCOC1. The summed E-state index contributed by atoms with van der Waals surface area (Å²) in [6.45, 7) is 1.45. The van der Waals surface area contributed by atoms with E-state index < -0.39 is 0 Å². The molecule has 0 aromatic carbocycles. The van der Waals surface area contributed by atoms with Crippen LogP contribution in [0.25, 0.3) is 0 Å². The van der Waals surface area contributed by atoms with E-state index in [-0.39, 0.29) is 18.1 Å². The van der Waals surface area contributed by atoms with Gasteiger partial charge in [0, 0.05) is 24.9 Å². The number of carbonyl (C=O) groups excluding carboxylic acids is 1. The second-order valence-corrected chi connectivity index (χ2v) is 6.44. The number of aromatic nitrogens is 1. The van der Waals surface area contributed by atoms with Crippen molar-refractivity contribution in [3.63, 3.8) is 0 Å². The van der Waals surface area contributed by atoms with Crippen molar-refractivity contribution in [1.82, 2.24) is 15.6 Å². The van der Waals surface area contributed by atoms with Gasteiger partial charge in [0.1, 0.15) is 5.82 Å². The van der Waals surface area contributed by atoms with E-state index in [1.54, 1.807) is 6.20 Å². The zero-order valence-corrected chi connectivity index (χ0v) is 13.5. The number of rotatable bonds is 4. The zero-order valence-electron chi connectivity index (χ0n) is 13.5. The molecule has 1 saturated heterocycles. The van der Waals surface area contributed by atoms with Gasteiger partial charge in [-0.2, -0.15) is 0 Å². The molecular formula is C17H26N4O2. The van der Waals surface area contributed by atoms with Crippen LogP contribution in [0, 0.1) is 0 Å². The molecule has 1 aliphatic heterocycles. The molecule has 2 aliphatic rings. The molecular weight excluding hydrogens is 292 g/mol. The normalized spacial score (nSPS) is 27.9. The van der Waals surface area contributed by atoms with Gasteiger partial charge in [0.05, 0.1) is 12.6 Å². The van der Waals surface area contributed by atoms with Gasteiger partial charge in [0.2, 0.25) is 0 Å². The quantitative estimate of drug-likeness (QED) is 0.796. The topological polar surface area (TPSA) is 75.3 Å². The maximum atomic E-state index is 12.0. The average Bonchev–Trinajstić information content (AvgIpc) is 2.58. The number of pyridine rings is 1. The van der Waals surface area contributed by atoms with Crippen LogP contribution in [0.3, 0.4) is 0 Å². The molecule has 2 amide bonds. The highest BCUT2D eigenvalue weighted by Crippen LogP contribution is 2.21. The Labute approximate surface area is 137 Å². The largest absolute Gasteiger partial charge is 0.379 e. The Morgan fingerprint density at radius 3 is 2.52 bits per heavy atom. The van der Waals surface area contributed by atoms with Crippen LogP contribution >= 0.6 is 0 Å². The van der Waals surface area contributed by atoms with Crippen LogP contribution in [0.1, 0.15) is 38.5 Å². The second kappa shape index (κ2) is 8.15. The van der Waals surface area contributed by atoms with Crippen molar-refractivity contribution in [3.8, 4) is 0 Å². The van der Waals surface area contributed by atoms with Crippen LogP contribution in [-0.4, -0.2) is 42.4 Å². The van der Waals surface area contributed by atoms with E-state index in [2.05, 4.69) is 20.9 Å². The molecule has 126 valence electrons. The van der Waals surface area contributed by atoms with Crippen LogP contribution in [-0.2, 0) is 4.74 Å². The van der Waals surface area contributed by atoms with Crippen molar-refractivity contribution < 1.29 is 9.53 Å². The van der Waals surface area contributed by atoms with E-state index in [1.807, 2.05) is 18.2 Å². The van der Waals surface area contributed by atoms with E-state index in [1.165, 1.54) is 0 Å². The van der Waals surface area contributed by atoms with Crippen molar-refractivity contribution in [2.24, 2.45) is 0 Å². The maximum absolute atomic E-state index is 12.0. The number of amides is 2. The first kappa shape index (κ1) is 16.1. The monoisotopic (exact) mass is 318 g/mol. The van der Waals surface area contributed by atoms with E-state index >= 15 is 0 Å². The molecule has 3 N–H and O–H groups in total. The first-order valence-electron chi connectivity index (χ1n) is 8.62. The van der Waals surface area contributed by atoms with E-state index in [4.69, 9.17) is 4.74 Å². The molecule has 0 bridgehead atoms. The van der Waals surface area contributed by atoms with Crippen molar-refractivity contribution in [1.29, 1.82) is 0 Å². The van der Waals surface area contributed by atoms with Crippen molar-refractivity contribution in [2.75, 3.05) is 18.5 Å². The molecule has 1 aromatic rings. The average molecular weight is 318 g/mol. The molecule has 1 aromatic heterocycles. The summed E-state index contributed by atoms with van der Waals surface area (Å²) in [7, 11) is 0. The van der Waals surface area contributed by atoms with Gasteiger partial charge >= 0.3 is 6.03 Å². The van der Waals surface area contributed by atoms with Gasteiger partial charge in [0.15, 0.2) is 0 Å². The molecule has 6 nitrogen and oxygen atoms in total. The zero-order chi connectivity index (χ0) is 15.9. The van der Waals surface area contributed by atoms with Crippen LogP contribution in [0.5, 0.6) is 0 Å². The molecule has 3 rings (SSSR count). The lowest BCUT2D eigenvalue weighted by Crippen LogP contribution is -2.50. The van der Waals surface area contributed by atoms with Crippen LogP contribution in [0.15, 0.2) is 24.4 Å². The van der Waals surface area contributed by atoms with Gasteiger partial charge < -0.3 is 20.7 Å². The first-order chi connectivity index (χ1) is 11.3. The standard InChI is InChI=1S/C17H26N4O2/c22-17(21-15-4-3-11-23-12-15)20-14-8-6-13(7-9-14)19-16-5-1-2-10-18-16/h1-2,5,10,13-15H,3-4,6-9,11-12H2,(H,18,19)(H2,20,21,22). The fourth-order valence-electron chi connectivity index (χ4n) is 3.31. The highest BCUT2D eigenvalue weighted by molar-refractivity contribution is 5.74. The smallest absolute Gasteiger partial charge is 0.315 e. The summed E-state index contributed by atoms with van der Waals surface area (Å²) in [5.41, 5.74) is 0. The molecule has 0 spiro atoms. The maximum Gasteiger partial charge on any atom is 0.315 e. The highest BCUT2D eigenvalue weighted by atomic mass is 16.5. The van der Waals surface area contributed by atoms with Crippen molar-refractivity contribution in [2.45, 2.75) is 56.7 Å². The minimum absolute atomic E-state index is 0.0540. The van der Waals surface area contributed by atoms with Gasteiger partial charge in [-0.25, -0.2) is 9.78 Å². The predicted octanol–water partition coefficient (Wildman–Crippen LogP) is 2.28. The summed E-state index contributed by atoms with van der Waals surface area (Å²) in [6, 6.07) is 6.71. The van der Waals surface area contributed by atoms with Gasteiger partial charge in [-0.05, 0) is 50.7 Å². The van der Waals surface area contributed by atoms with Crippen molar-refractivity contribution >= 4 is 11.8 Å². The number of urea groups is 1. The molecule has 0 radical (unpaired) electrons. The lowest BCUT2D eigenvalue weighted by molar-refractivity contribution is 0.0729. The Morgan fingerprint density at radius 2 is 1.83 bits per heavy atom. The minimum atomic E-state index is -0.0540. The number of anilines is 1. The van der Waals surface area contributed by atoms with Gasteiger partial charge in [-0.1, -0.05) is 6.07 Å². The fraction of sp³-hybridized carbons (Fsp3) is 0.647. The summed E-state index contributed by atoms with van der Waals surface area (Å²) in [5.74, 6) is 0.930. The Morgan fingerprint density at radius 1 is 1.04 bits per heavy atom. The summed E-state index contributed by atoms with van der Waals surface area (Å²) in [6.07, 6.45) is 7.93. The van der Waals surface area contributed by atoms with E-state index in [0.29, 0.717) is 12.6 Å². The van der Waals surface area contributed by atoms with E-state index in [9.17, 15) is 4.79 Å². The number of nitrogens with one attached hydrogen (secondary N) is 3. The number of hydrogen-bond donors (Lipinski definition) is 3. The Bertz CT molecular complexity index is 483. The highest BCUT2D eigenvalue weighted by Gasteiger charge is 2.23. The number of carbonyl (C=O) groups is 1.